The van der Waals surface area contributed by atoms with E-state index in [0.717, 1.165) is 64.3 Å². The van der Waals surface area contributed by atoms with E-state index in [9.17, 15) is 0 Å². The van der Waals surface area contributed by atoms with E-state index in [0.29, 0.717) is 18.5 Å². The molecule has 0 spiro atoms. The van der Waals surface area contributed by atoms with Crippen molar-refractivity contribution in [1.82, 2.24) is 15.1 Å². The molecule has 1 unspecified atom stereocenters. The van der Waals surface area contributed by atoms with Crippen LogP contribution in [0.5, 0.6) is 5.75 Å². The van der Waals surface area contributed by atoms with Crippen LogP contribution in [0.2, 0.25) is 0 Å². The van der Waals surface area contributed by atoms with Crippen LogP contribution in [0.15, 0.2) is 29.3 Å². The molecule has 2 heterocycles. The Labute approximate surface area is 169 Å². The fourth-order valence-electron chi connectivity index (χ4n) is 3.72. The van der Waals surface area contributed by atoms with E-state index in [4.69, 9.17) is 14.5 Å². The van der Waals surface area contributed by atoms with Gasteiger partial charge in [0.2, 0.25) is 0 Å². The van der Waals surface area contributed by atoms with Crippen molar-refractivity contribution in [3.8, 4) is 5.75 Å². The second-order valence-corrected chi connectivity index (χ2v) is 8.06. The van der Waals surface area contributed by atoms with Crippen molar-refractivity contribution < 1.29 is 9.47 Å². The van der Waals surface area contributed by atoms with Crippen LogP contribution in [0.25, 0.3) is 0 Å². The van der Waals surface area contributed by atoms with Crippen LogP contribution in [0.3, 0.4) is 0 Å². The number of nitrogens with one attached hydrogen (secondary N) is 1. The Morgan fingerprint density at radius 2 is 1.96 bits per heavy atom. The van der Waals surface area contributed by atoms with Crippen LogP contribution in [0, 0.1) is 5.92 Å². The largest absolute Gasteiger partial charge is 0.493 e. The third-order valence-electron chi connectivity index (χ3n) is 5.28. The lowest BCUT2D eigenvalue weighted by Gasteiger charge is -2.32. The molecule has 1 aromatic rings. The van der Waals surface area contributed by atoms with E-state index in [1.807, 2.05) is 12.1 Å². The Hall–Kier alpha value is -1.79. The first-order chi connectivity index (χ1) is 13.7. The molecule has 6 nitrogen and oxygen atoms in total. The summed E-state index contributed by atoms with van der Waals surface area (Å²) in [5, 5.41) is 3.47. The third-order valence-corrected chi connectivity index (χ3v) is 5.28. The summed E-state index contributed by atoms with van der Waals surface area (Å²) >= 11 is 0. The normalized spacial score (nSPS) is 21.4. The van der Waals surface area contributed by atoms with Crippen molar-refractivity contribution >= 4 is 5.96 Å². The summed E-state index contributed by atoms with van der Waals surface area (Å²) in [7, 11) is 0. The van der Waals surface area contributed by atoms with Gasteiger partial charge in [0.05, 0.1) is 26.4 Å². The number of aliphatic imine (C=N–C) groups is 1. The van der Waals surface area contributed by atoms with E-state index in [2.05, 4.69) is 48.0 Å². The molecule has 156 valence electrons. The van der Waals surface area contributed by atoms with Gasteiger partial charge in [0, 0.05) is 38.8 Å². The second kappa shape index (κ2) is 10.7. The first-order valence-electron chi connectivity index (χ1n) is 10.7. The number of likely N-dealkylation sites (tertiary alicyclic amines) is 1. The molecule has 0 amide bonds. The van der Waals surface area contributed by atoms with Gasteiger partial charge >= 0.3 is 0 Å². The van der Waals surface area contributed by atoms with Crippen molar-refractivity contribution in [2.45, 2.75) is 39.8 Å². The van der Waals surface area contributed by atoms with Crippen LogP contribution in [-0.4, -0.2) is 74.3 Å². The first-order valence-corrected chi connectivity index (χ1v) is 10.7. The highest BCUT2D eigenvalue weighted by Gasteiger charge is 2.30. The lowest BCUT2D eigenvalue weighted by molar-refractivity contribution is 0.0195. The summed E-state index contributed by atoms with van der Waals surface area (Å²) in [6.45, 7) is 14.7. The fourth-order valence-corrected chi connectivity index (χ4v) is 3.72. The van der Waals surface area contributed by atoms with E-state index in [-0.39, 0.29) is 0 Å². The number of morpholine rings is 1. The number of guanidine groups is 1. The van der Waals surface area contributed by atoms with Crippen LogP contribution in [0.4, 0.5) is 0 Å². The average Bonchev–Trinajstić information content (AvgIpc) is 3.21. The highest BCUT2D eigenvalue weighted by molar-refractivity contribution is 5.80. The molecule has 2 aliphatic rings. The Bertz CT molecular complexity index is 611. The molecule has 1 N–H and O–H groups in total. The molecule has 2 aliphatic heterocycles. The maximum absolute atomic E-state index is 5.77. The van der Waals surface area contributed by atoms with Gasteiger partial charge in [0.15, 0.2) is 5.96 Å². The molecule has 0 radical (unpaired) electrons. The van der Waals surface area contributed by atoms with E-state index in [1.54, 1.807) is 0 Å². The van der Waals surface area contributed by atoms with Gasteiger partial charge in [-0.3, -0.25) is 4.90 Å². The fraction of sp³-hybridized carbons (Fsp3) is 0.682. The minimum atomic E-state index is 0.536. The highest BCUT2D eigenvalue weighted by atomic mass is 16.5. The molecule has 0 bridgehead atoms. The number of rotatable bonds is 7. The lowest BCUT2D eigenvalue weighted by Crippen LogP contribution is -2.46. The van der Waals surface area contributed by atoms with Crippen LogP contribution < -0.4 is 10.1 Å². The van der Waals surface area contributed by atoms with Gasteiger partial charge in [-0.05, 0) is 37.0 Å². The topological polar surface area (TPSA) is 49.3 Å². The van der Waals surface area contributed by atoms with E-state index >= 15 is 0 Å². The smallest absolute Gasteiger partial charge is 0.194 e. The zero-order valence-electron chi connectivity index (χ0n) is 17.7. The van der Waals surface area contributed by atoms with E-state index in [1.165, 1.54) is 12.0 Å². The number of hydrogen-bond acceptors (Lipinski definition) is 4. The van der Waals surface area contributed by atoms with E-state index < -0.39 is 0 Å². The Morgan fingerprint density at radius 1 is 1.21 bits per heavy atom. The van der Waals surface area contributed by atoms with Crippen LogP contribution >= 0.6 is 0 Å². The van der Waals surface area contributed by atoms with Gasteiger partial charge < -0.3 is 19.7 Å². The monoisotopic (exact) mass is 388 g/mol. The van der Waals surface area contributed by atoms with Crippen molar-refractivity contribution in [3.63, 3.8) is 0 Å². The molecular formula is C22H36N4O2. The minimum Gasteiger partial charge on any atom is -0.493 e. The van der Waals surface area contributed by atoms with Gasteiger partial charge in [0.1, 0.15) is 5.75 Å². The summed E-state index contributed by atoms with van der Waals surface area (Å²) < 4.78 is 11.3. The molecule has 2 fully saturated rings. The summed E-state index contributed by atoms with van der Waals surface area (Å²) in [6.07, 6.45) is 1.20. The molecule has 28 heavy (non-hydrogen) atoms. The molecule has 1 atom stereocenters. The zero-order valence-corrected chi connectivity index (χ0v) is 17.7. The maximum atomic E-state index is 5.77. The average molecular weight is 389 g/mol. The van der Waals surface area contributed by atoms with Gasteiger partial charge in [-0.1, -0.05) is 26.0 Å². The highest BCUT2D eigenvalue weighted by Crippen LogP contribution is 2.18. The van der Waals surface area contributed by atoms with Gasteiger partial charge in [0.25, 0.3) is 0 Å². The summed E-state index contributed by atoms with van der Waals surface area (Å²) in [5.41, 5.74) is 1.20. The standard InChI is InChI=1S/C22H36N4O2/c1-4-23-22(26-10-9-20(16-26)25-11-13-27-14-12-25)24-15-19-5-7-21(8-6-19)28-17-18(2)3/h5-8,18,20H,4,9-17H2,1-3H3,(H,23,24). The zero-order chi connectivity index (χ0) is 19.8. The van der Waals surface area contributed by atoms with Gasteiger partial charge in [-0.2, -0.15) is 0 Å². The predicted octanol–water partition coefficient (Wildman–Crippen LogP) is 2.59. The molecule has 2 saturated heterocycles. The van der Waals surface area contributed by atoms with Crippen molar-refractivity contribution in [2.24, 2.45) is 10.9 Å². The minimum absolute atomic E-state index is 0.536. The molecular weight excluding hydrogens is 352 g/mol. The number of benzene rings is 1. The SMILES string of the molecule is CCNC(=NCc1ccc(OCC(C)C)cc1)N1CCC(N2CCOCC2)C1. The van der Waals surface area contributed by atoms with Crippen molar-refractivity contribution in [2.75, 3.05) is 52.5 Å². The Morgan fingerprint density at radius 3 is 2.64 bits per heavy atom. The molecule has 1 aromatic carbocycles. The first kappa shape index (κ1) is 20.9. The third kappa shape index (κ3) is 6.11. The second-order valence-electron chi connectivity index (χ2n) is 8.06. The van der Waals surface area contributed by atoms with Crippen LogP contribution in [-0.2, 0) is 11.3 Å². The molecule has 0 saturated carbocycles. The molecule has 3 rings (SSSR count). The molecule has 0 aliphatic carbocycles. The summed E-state index contributed by atoms with van der Waals surface area (Å²) in [6, 6.07) is 8.94. The van der Waals surface area contributed by atoms with Crippen molar-refractivity contribution in [3.05, 3.63) is 29.8 Å². The number of nitrogens with zero attached hydrogens (tertiary/aromatic N) is 3. The molecule has 6 heteroatoms. The van der Waals surface area contributed by atoms with Crippen LogP contribution in [0.1, 0.15) is 32.8 Å². The summed E-state index contributed by atoms with van der Waals surface area (Å²) in [5.74, 6) is 2.49. The number of hydrogen-bond donors (Lipinski definition) is 1. The summed E-state index contributed by atoms with van der Waals surface area (Å²) in [4.78, 5) is 9.88. The van der Waals surface area contributed by atoms with Gasteiger partial charge in [-0.25, -0.2) is 4.99 Å². The maximum Gasteiger partial charge on any atom is 0.194 e. The van der Waals surface area contributed by atoms with Crippen molar-refractivity contribution in [1.29, 1.82) is 0 Å². The Kier molecular flexibility index (Phi) is 7.98. The quantitative estimate of drug-likeness (QED) is 0.575. The molecule has 0 aromatic heterocycles. The lowest BCUT2D eigenvalue weighted by atomic mass is 10.2. The number of ether oxygens (including phenoxy) is 2. The predicted molar refractivity (Wildman–Crippen MR) is 114 cm³/mol. The Balaban J connectivity index is 1.55. The van der Waals surface area contributed by atoms with Gasteiger partial charge in [-0.15, -0.1) is 0 Å².